The van der Waals surface area contributed by atoms with Gasteiger partial charge in [-0.2, -0.15) is 5.10 Å². The van der Waals surface area contributed by atoms with Crippen molar-refractivity contribution in [3.05, 3.63) is 59.1 Å². The predicted octanol–water partition coefficient (Wildman–Crippen LogP) is 4.01. The van der Waals surface area contributed by atoms with E-state index < -0.39 is 9.84 Å². The molecule has 0 aliphatic heterocycles. The number of benzene rings is 2. The lowest BCUT2D eigenvalue weighted by Gasteiger charge is -2.08. The van der Waals surface area contributed by atoms with Crippen molar-refractivity contribution >= 4 is 50.6 Å². The van der Waals surface area contributed by atoms with Crippen LogP contribution in [-0.2, 0) is 21.2 Å². The molecule has 1 heterocycles. The van der Waals surface area contributed by atoms with E-state index in [2.05, 4.69) is 10.4 Å². The fourth-order valence-electron chi connectivity index (χ4n) is 2.74. The van der Waals surface area contributed by atoms with Crippen molar-refractivity contribution in [1.82, 2.24) is 9.78 Å². The van der Waals surface area contributed by atoms with Gasteiger partial charge in [0, 0.05) is 10.7 Å². The number of nitrogen functional groups attached to an aromatic ring is 1. The Labute approximate surface area is 184 Å². The van der Waals surface area contributed by atoms with Gasteiger partial charge in [-0.1, -0.05) is 36.2 Å². The highest BCUT2D eigenvalue weighted by atomic mass is 35.5. The number of aromatic nitrogens is 2. The summed E-state index contributed by atoms with van der Waals surface area (Å²) in [5.41, 5.74) is 7.66. The van der Waals surface area contributed by atoms with Crippen LogP contribution >= 0.6 is 23.4 Å². The van der Waals surface area contributed by atoms with Crippen LogP contribution in [0.25, 0.3) is 0 Å². The van der Waals surface area contributed by atoms with Gasteiger partial charge < -0.3 is 11.1 Å². The molecule has 0 saturated carbocycles. The second-order valence-electron chi connectivity index (χ2n) is 6.48. The number of nitrogens with one attached hydrogen (secondary N) is 1. The minimum atomic E-state index is -3.89. The monoisotopic (exact) mass is 464 g/mol. The SMILES string of the molecule is CCSc1nn(CC(=O)Nc2ccc(Cl)cc2)c(N)c1S(=O)(=O)c1ccc(C)cc1. The smallest absolute Gasteiger partial charge is 0.246 e. The standard InChI is InChI=1S/C20H21ClN4O3S2/c1-3-29-20-18(30(27,28)16-10-4-13(2)5-11-16)19(22)25(24-20)12-17(26)23-15-8-6-14(21)7-9-15/h4-11H,3,12,22H2,1-2H3,(H,23,26). The summed E-state index contributed by atoms with van der Waals surface area (Å²) in [6.07, 6.45) is 0. The Balaban J connectivity index is 1.92. The Morgan fingerprint density at radius 1 is 1.17 bits per heavy atom. The van der Waals surface area contributed by atoms with Crippen LogP contribution in [0.1, 0.15) is 12.5 Å². The van der Waals surface area contributed by atoms with Crippen LogP contribution in [-0.4, -0.2) is 29.9 Å². The summed E-state index contributed by atoms with van der Waals surface area (Å²) in [5.74, 6) is 0.140. The summed E-state index contributed by atoms with van der Waals surface area (Å²) < 4.78 is 27.7. The first-order valence-electron chi connectivity index (χ1n) is 9.08. The van der Waals surface area contributed by atoms with E-state index in [9.17, 15) is 13.2 Å². The first-order chi connectivity index (χ1) is 14.2. The maximum absolute atomic E-state index is 13.2. The molecule has 30 heavy (non-hydrogen) atoms. The Kier molecular flexibility index (Phi) is 6.74. The van der Waals surface area contributed by atoms with Crippen LogP contribution in [0.4, 0.5) is 11.5 Å². The average molecular weight is 465 g/mol. The summed E-state index contributed by atoms with van der Waals surface area (Å²) in [7, 11) is -3.89. The quantitative estimate of drug-likeness (QED) is 0.511. The van der Waals surface area contributed by atoms with E-state index in [0.29, 0.717) is 16.5 Å². The number of thioether (sulfide) groups is 1. The van der Waals surface area contributed by atoms with Gasteiger partial charge in [-0.15, -0.1) is 11.8 Å². The first kappa shape index (κ1) is 22.2. The molecule has 1 amide bonds. The van der Waals surface area contributed by atoms with Crippen molar-refractivity contribution in [1.29, 1.82) is 0 Å². The molecule has 0 atom stereocenters. The summed E-state index contributed by atoms with van der Waals surface area (Å²) in [6, 6.07) is 13.2. The molecule has 0 aliphatic rings. The van der Waals surface area contributed by atoms with Gasteiger partial charge in [0.05, 0.1) is 4.90 Å². The second-order valence-corrected chi connectivity index (χ2v) is 10.1. The van der Waals surface area contributed by atoms with Gasteiger partial charge in [-0.05, 0) is 49.1 Å². The molecule has 10 heteroatoms. The molecule has 0 aliphatic carbocycles. The van der Waals surface area contributed by atoms with Crippen LogP contribution < -0.4 is 11.1 Å². The molecule has 3 rings (SSSR count). The Hall–Kier alpha value is -2.49. The number of nitrogens with zero attached hydrogens (tertiary/aromatic N) is 2. The maximum Gasteiger partial charge on any atom is 0.246 e. The van der Waals surface area contributed by atoms with E-state index in [1.807, 2.05) is 13.8 Å². The number of hydrogen-bond donors (Lipinski definition) is 2. The van der Waals surface area contributed by atoms with Gasteiger partial charge in [0.2, 0.25) is 15.7 Å². The summed E-state index contributed by atoms with van der Waals surface area (Å²) in [5, 5.41) is 7.84. The van der Waals surface area contributed by atoms with E-state index in [-0.39, 0.29) is 33.1 Å². The van der Waals surface area contributed by atoms with Gasteiger partial charge in [0.1, 0.15) is 22.3 Å². The number of rotatable bonds is 7. The van der Waals surface area contributed by atoms with E-state index in [1.165, 1.54) is 28.6 Å². The van der Waals surface area contributed by atoms with Crippen LogP contribution in [0.15, 0.2) is 63.3 Å². The molecule has 7 nitrogen and oxygen atoms in total. The zero-order valence-corrected chi connectivity index (χ0v) is 18.8. The number of hydrogen-bond acceptors (Lipinski definition) is 6. The molecule has 0 unspecified atom stereocenters. The summed E-state index contributed by atoms with van der Waals surface area (Å²) in [4.78, 5) is 12.5. The number of carbonyl (C=O) groups excluding carboxylic acids is 1. The molecule has 3 N–H and O–H groups in total. The third-order valence-electron chi connectivity index (χ3n) is 4.22. The fraction of sp³-hybridized carbons (Fsp3) is 0.200. The Morgan fingerprint density at radius 3 is 2.40 bits per heavy atom. The zero-order chi connectivity index (χ0) is 21.9. The number of halogens is 1. The van der Waals surface area contributed by atoms with E-state index in [0.717, 1.165) is 5.56 Å². The van der Waals surface area contributed by atoms with Crippen LogP contribution in [0.3, 0.4) is 0 Å². The third-order valence-corrected chi connectivity index (χ3v) is 7.28. The highest BCUT2D eigenvalue weighted by Gasteiger charge is 2.30. The molecule has 158 valence electrons. The maximum atomic E-state index is 13.2. The van der Waals surface area contributed by atoms with Gasteiger partial charge >= 0.3 is 0 Å². The van der Waals surface area contributed by atoms with Crippen LogP contribution in [0.5, 0.6) is 0 Å². The number of aryl methyl sites for hydroxylation is 1. The van der Waals surface area contributed by atoms with Crippen molar-refractivity contribution in [2.45, 2.75) is 35.2 Å². The molecular weight excluding hydrogens is 444 g/mol. The van der Waals surface area contributed by atoms with E-state index in [4.69, 9.17) is 17.3 Å². The average Bonchev–Trinajstić information content (AvgIpc) is 3.00. The van der Waals surface area contributed by atoms with Crippen LogP contribution in [0, 0.1) is 6.92 Å². The minimum Gasteiger partial charge on any atom is -0.383 e. The highest BCUT2D eigenvalue weighted by Crippen LogP contribution is 2.34. The molecule has 0 saturated heterocycles. The molecule has 2 aromatic carbocycles. The number of amides is 1. The van der Waals surface area contributed by atoms with E-state index >= 15 is 0 Å². The molecule has 3 aromatic rings. The highest BCUT2D eigenvalue weighted by molar-refractivity contribution is 8.00. The lowest BCUT2D eigenvalue weighted by Crippen LogP contribution is -2.21. The van der Waals surface area contributed by atoms with Crippen molar-refractivity contribution in [2.75, 3.05) is 16.8 Å². The van der Waals surface area contributed by atoms with Gasteiger partial charge in [0.15, 0.2) is 0 Å². The molecule has 1 aromatic heterocycles. The summed E-state index contributed by atoms with van der Waals surface area (Å²) in [6.45, 7) is 3.53. The molecule has 0 spiro atoms. The van der Waals surface area contributed by atoms with Crippen molar-refractivity contribution < 1.29 is 13.2 Å². The number of nitrogens with two attached hydrogens (primary N) is 1. The zero-order valence-electron chi connectivity index (χ0n) is 16.4. The Morgan fingerprint density at radius 2 is 1.80 bits per heavy atom. The number of carbonyl (C=O) groups is 1. The van der Waals surface area contributed by atoms with Crippen molar-refractivity contribution in [3.8, 4) is 0 Å². The second kappa shape index (κ2) is 9.11. The minimum absolute atomic E-state index is 0.0715. The van der Waals surface area contributed by atoms with Gasteiger partial charge in [-0.3, -0.25) is 4.79 Å². The molecule has 0 fully saturated rings. The number of sulfone groups is 1. The number of anilines is 2. The lowest BCUT2D eigenvalue weighted by molar-refractivity contribution is -0.116. The van der Waals surface area contributed by atoms with Gasteiger partial charge in [0.25, 0.3) is 0 Å². The van der Waals surface area contributed by atoms with Crippen molar-refractivity contribution in [3.63, 3.8) is 0 Å². The Bertz CT molecular complexity index is 1160. The lowest BCUT2D eigenvalue weighted by atomic mass is 10.2. The third kappa shape index (κ3) is 4.80. The first-order valence-corrected chi connectivity index (χ1v) is 11.9. The molecular formula is C20H21ClN4O3S2. The van der Waals surface area contributed by atoms with Crippen LogP contribution in [0.2, 0.25) is 5.02 Å². The topological polar surface area (TPSA) is 107 Å². The molecule has 0 radical (unpaired) electrons. The summed E-state index contributed by atoms with van der Waals surface area (Å²) >= 11 is 7.10. The predicted molar refractivity (Wildman–Crippen MR) is 120 cm³/mol. The van der Waals surface area contributed by atoms with Crippen molar-refractivity contribution in [2.24, 2.45) is 0 Å². The normalized spacial score (nSPS) is 11.4. The molecule has 0 bridgehead atoms. The largest absolute Gasteiger partial charge is 0.383 e. The fourth-order valence-corrected chi connectivity index (χ4v) is 5.42. The van der Waals surface area contributed by atoms with E-state index in [1.54, 1.807) is 36.4 Å². The van der Waals surface area contributed by atoms with Gasteiger partial charge in [-0.25, -0.2) is 13.1 Å².